The molecule has 3 heterocycles. The Labute approximate surface area is 154 Å². The topological polar surface area (TPSA) is 71.1 Å². The number of benzene rings is 1. The lowest BCUT2D eigenvalue weighted by molar-refractivity contribution is -0.140. The average Bonchev–Trinajstić information content (AvgIpc) is 2.93. The number of para-hydroxylation sites is 2. The molecule has 2 atom stereocenters. The molecule has 26 heavy (non-hydrogen) atoms. The molecule has 3 fully saturated rings. The number of fused-ring (bicyclic) bond motifs is 4. The van der Waals surface area contributed by atoms with E-state index < -0.39 is 0 Å². The number of hydrogen-bond acceptors (Lipinski definition) is 4. The largest absolute Gasteiger partial charge is 0.492 e. The summed E-state index contributed by atoms with van der Waals surface area (Å²) in [5.41, 5.74) is 0.651. The van der Waals surface area contributed by atoms with Crippen LogP contribution in [0.25, 0.3) is 0 Å². The predicted molar refractivity (Wildman–Crippen MR) is 98.3 cm³/mol. The number of amides is 3. The van der Waals surface area contributed by atoms with Crippen molar-refractivity contribution < 1.29 is 19.1 Å². The third kappa shape index (κ3) is 3.93. The summed E-state index contributed by atoms with van der Waals surface area (Å²) in [4.78, 5) is 29.1. The van der Waals surface area contributed by atoms with Crippen molar-refractivity contribution in [2.75, 3.05) is 45.3 Å². The minimum absolute atomic E-state index is 0.0595. The minimum atomic E-state index is -0.185. The standard InChI is InChI=1S/C19H27N3O4/c1-3-26-17-7-5-4-6-16(17)20-19(24)21-12-14-8-9-15(13-21)22(18(14)23)10-11-25-2/h4-7,14-15H,3,8-13H2,1-2H3,(H,20,24)/t14-,15+/m1/s1. The van der Waals surface area contributed by atoms with Gasteiger partial charge in [0.05, 0.1) is 24.8 Å². The molecule has 2 bridgehead atoms. The van der Waals surface area contributed by atoms with Gasteiger partial charge in [0.15, 0.2) is 0 Å². The Morgan fingerprint density at radius 1 is 1.27 bits per heavy atom. The second-order valence-corrected chi connectivity index (χ2v) is 6.72. The molecule has 3 saturated heterocycles. The van der Waals surface area contributed by atoms with Gasteiger partial charge in [0.25, 0.3) is 0 Å². The van der Waals surface area contributed by atoms with Gasteiger partial charge >= 0.3 is 6.03 Å². The SMILES string of the molecule is CCOc1ccccc1NC(=O)N1C[C@H]2CC[C@@H](C1)N(CCOC)C2=O. The molecule has 1 aromatic carbocycles. The van der Waals surface area contributed by atoms with E-state index in [0.29, 0.717) is 44.3 Å². The van der Waals surface area contributed by atoms with E-state index in [4.69, 9.17) is 9.47 Å². The highest BCUT2D eigenvalue weighted by Crippen LogP contribution is 2.30. The second-order valence-electron chi connectivity index (χ2n) is 6.72. The molecule has 1 N–H and O–H groups in total. The van der Waals surface area contributed by atoms with E-state index >= 15 is 0 Å². The molecular formula is C19H27N3O4. The fourth-order valence-corrected chi connectivity index (χ4v) is 3.74. The molecular weight excluding hydrogens is 334 g/mol. The van der Waals surface area contributed by atoms with Gasteiger partial charge in [-0.1, -0.05) is 12.1 Å². The predicted octanol–water partition coefficient (Wildman–Crippen LogP) is 2.19. The number of carbonyl (C=O) groups excluding carboxylic acids is 2. The number of anilines is 1. The van der Waals surface area contributed by atoms with Gasteiger partial charge in [0.1, 0.15) is 5.75 Å². The van der Waals surface area contributed by atoms with Gasteiger partial charge in [0.2, 0.25) is 5.91 Å². The van der Waals surface area contributed by atoms with Crippen LogP contribution in [0.4, 0.5) is 10.5 Å². The molecule has 4 rings (SSSR count). The zero-order chi connectivity index (χ0) is 18.5. The van der Waals surface area contributed by atoms with Crippen LogP contribution < -0.4 is 10.1 Å². The van der Waals surface area contributed by atoms with E-state index in [0.717, 1.165) is 12.8 Å². The molecule has 0 aromatic heterocycles. The zero-order valence-corrected chi connectivity index (χ0v) is 15.4. The van der Waals surface area contributed by atoms with Gasteiger partial charge in [-0.15, -0.1) is 0 Å². The molecule has 3 amide bonds. The number of nitrogens with zero attached hydrogens (tertiary/aromatic N) is 2. The maximum Gasteiger partial charge on any atom is 0.322 e. The van der Waals surface area contributed by atoms with Crippen LogP contribution in [0.5, 0.6) is 5.75 Å². The number of hydrogen-bond donors (Lipinski definition) is 1. The number of piperidine rings is 1. The molecule has 0 radical (unpaired) electrons. The molecule has 3 aliphatic heterocycles. The highest BCUT2D eigenvalue weighted by Gasteiger charge is 2.41. The van der Waals surface area contributed by atoms with Crippen LogP contribution in [0.15, 0.2) is 24.3 Å². The number of methoxy groups -OCH3 is 1. The van der Waals surface area contributed by atoms with Crippen molar-refractivity contribution in [3.8, 4) is 5.75 Å². The molecule has 0 saturated carbocycles. The lowest BCUT2D eigenvalue weighted by Gasteiger charge is -2.35. The number of nitrogens with one attached hydrogen (secondary N) is 1. The number of carbonyl (C=O) groups is 2. The van der Waals surface area contributed by atoms with Crippen LogP contribution in [-0.2, 0) is 9.53 Å². The molecule has 0 unspecified atom stereocenters. The fourth-order valence-electron chi connectivity index (χ4n) is 3.74. The van der Waals surface area contributed by atoms with Crippen molar-refractivity contribution in [2.45, 2.75) is 25.8 Å². The summed E-state index contributed by atoms with van der Waals surface area (Å²) in [6.07, 6.45) is 1.77. The van der Waals surface area contributed by atoms with Crippen molar-refractivity contribution in [3.05, 3.63) is 24.3 Å². The van der Waals surface area contributed by atoms with Gasteiger partial charge in [0, 0.05) is 32.8 Å². The molecule has 0 spiro atoms. The van der Waals surface area contributed by atoms with Crippen LogP contribution in [0.2, 0.25) is 0 Å². The first-order valence-electron chi connectivity index (χ1n) is 9.21. The lowest BCUT2D eigenvalue weighted by Crippen LogP contribution is -2.49. The quantitative estimate of drug-likeness (QED) is 0.843. The number of ether oxygens (including phenoxy) is 2. The molecule has 142 valence electrons. The van der Waals surface area contributed by atoms with Gasteiger partial charge in [-0.2, -0.15) is 0 Å². The number of rotatable bonds is 6. The Bertz CT molecular complexity index is 651. The van der Waals surface area contributed by atoms with E-state index in [1.807, 2.05) is 36.1 Å². The van der Waals surface area contributed by atoms with Crippen molar-refractivity contribution in [1.82, 2.24) is 9.80 Å². The molecule has 1 aromatic rings. The van der Waals surface area contributed by atoms with E-state index in [-0.39, 0.29) is 23.9 Å². The van der Waals surface area contributed by atoms with Crippen LogP contribution >= 0.6 is 0 Å². The van der Waals surface area contributed by atoms with Gasteiger partial charge in [-0.05, 0) is 31.9 Å². The Hall–Kier alpha value is -2.28. The van der Waals surface area contributed by atoms with Crippen LogP contribution in [0.3, 0.4) is 0 Å². The Kier molecular flexibility index (Phi) is 5.98. The molecule has 0 aliphatic carbocycles. The van der Waals surface area contributed by atoms with Gasteiger partial charge in [-0.3, -0.25) is 4.79 Å². The Morgan fingerprint density at radius 2 is 2.08 bits per heavy atom. The second kappa shape index (κ2) is 8.40. The normalized spacial score (nSPS) is 22.3. The molecule has 3 aliphatic rings. The Balaban J connectivity index is 1.70. The molecule has 7 nitrogen and oxygen atoms in total. The van der Waals surface area contributed by atoms with Gasteiger partial charge < -0.3 is 24.6 Å². The lowest BCUT2D eigenvalue weighted by atomic mass is 9.94. The van der Waals surface area contributed by atoms with Crippen LogP contribution in [-0.4, -0.2) is 67.7 Å². The number of urea groups is 1. The highest BCUT2D eigenvalue weighted by molar-refractivity contribution is 5.92. The summed E-state index contributed by atoms with van der Waals surface area (Å²) >= 11 is 0. The maximum atomic E-state index is 12.8. The van der Waals surface area contributed by atoms with Crippen molar-refractivity contribution in [2.24, 2.45) is 5.92 Å². The Morgan fingerprint density at radius 3 is 2.85 bits per heavy atom. The maximum absolute atomic E-state index is 12.8. The smallest absolute Gasteiger partial charge is 0.322 e. The average molecular weight is 361 g/mol. The van der Waals surface area contributed by atoms with E-state index in [1.54, 1.807) is 12.0 Å². The monoisotopic (exact) mass is 361 g/mol. The summed E-state index contributed by atoms with van der Waals surface area (Å²) in [5, 5.41) is 2.94. The van der Waals surface area contributed by atoms with Crippen molar-refractivity contribution >= 4 is 17.6 Å². The minimum Gasteiger partial charge on any atom is -0.492 e. The summed E-state index contributed by atoms with van der Waals surface area (Å²) in [6, 6.07) is 7.27. The third-order valence-electron chi connectivity index (χ3n) is 5.05. The van der Waals surface area contributed by atoms with Gasteiger partial charge in [-0.25, -0.2) is 4.79 Å². The van der Waals surface area contributed by atoms with E-state index in [1.165, 1.54) is 0 Å². The highest BCUT2D eigenvalue weighted by atomic mass is 16.5. The zero-order valence-electron chi connectivity index (χ0n) is 15.4. The van der Waals surface area contributed by atoms with E-state index in [2.05, 4.69) is 5.32 Å². The van der Waals surface area contributed by atoms with Crippen molar-refractivity contribution in [1.29, 1.82) is 0 Å². The fraction of sp³-hybridized carbons (Fsp3) is 0.579. The first-order chi connectivity index (χ1) is 12.6. The summed E-state index contributed by atoms with van der Waals surface area (Å²) < 4.78 is 10.7. The summed E-state index contributed by atoms with van der Waals surface area (Å²) in [7, 11) is 1.64. The van der Waals surface area contributed by atoms with Crippen LogP contribution in [0, 0.1) is 5.92 Å². The summed E-state index contributed by atoms with van der Waals surface area (Å²) in [6.45, 7) is 4.55. The summed E-state index contributed by atoms with van der Waals surface area (Å²) in [5.74, 6) is 0.667. The van der Waals surface area contributed by atoms with Crippen molar-refractivity contribution in [3.63, 3.8) is 0 Å². The van der Waals surface area contributed by atoms with E-state index in [9.17, 15) is 9.59 Å². The van der Waals surface area contributed by atoms with Crippen LogP contribution in [0.1, 0.15) is 19.8 Å². The first-order valence-corrected chi connectivity index (χ1v) is 9.21. The third-order valence-corrected chi connectivity index (χ3v) is 5.05. The molecule has 7 heteroatoms. The first kappa shape index (κ1) is 18.5.